The molecule has 0 aromatic carbocycles. The highest BCUT2D eigenvalue weighted by atomic mass is 19.3. The summed E-state index contributed by atoms with van der Waals surface area (Å²) >= 11 is 0. The molecule has 1 saturated carbocycles. The average molecular weight is 388 g/mol. The first-order valence-corrected chi connectivity index (χ1v) is 10.3. The Morgan fingerprint density at radius 1 is 1.07 bits per heavy atom. The van der Waals surface area contributed by atoms with E-state index in [1.807, 2.05) is 6.92 Å². The Morgan fingerprint density at radius 3 is 2.44 bits per heavy atom. The van der Waals surface area contributed by atoms with E-state index < -0.39 is 11.7 Å². The molecule has 0 N–H and O–H groups in total. The minimum atomic E-state index is -3.23. The van der Waals surface area contributed by atoms with Gasteiger partial charge in [-0.05, 0) is 38.0 Å². The third kappa shape index (κ3) is 8.48. The van der Waals surface area contributed by atoms with Crippen molar-refractivity contribution in [1.29, 1.82) is 0 Å². The Morgan fingerprint density at radius 2 is 1.78 bits per heavy atom. The van der Waals surface area contributed by atoms with Gasteiger partial charge >= 0.3 is 11.9 Å². The van der Waals surface area contributed by atoms with Gasteiger partial charge < -0.3 is 4.74 Å². The van der Waals surface area contributed by atoms with Gasteiger partial charge in [-0.3, -0.25) is 14.4 Å². The van der Waals surface area contributed by atoms with Crippen LogP contribution >= 0.6 is 0 Å². The van der Waals surface area contributed by atoms with Crippen molar-refractivity contribution in [3.63, 3.8) is 0 Å². The molecule has 0 bridgehead atoms. The van der Waals surface area contributed by atoms with Gasteiger partial charge in [0.1, 0.15) is 5.78 Å². The maximum absolute atomic E-state index is 13.8. The van der Waals surface area contributed by atoms with E-state index in [2.05, 4.69) is 4.74 Å². The second kappa shape index (κ2) is 12.2. The topological polar surface area (TPSA) is 60.4 Å². The lowest BCUT2D eigenvalue weighted by Gasteiger charge is -2.20. The van der Waals surface area contributed by atoms with Crippen LogP contribution in [0.15, 0.2) is 0 Å². The highest BCUT2D eigenvalue weighted by molar-refractivity contribution is 5.86. The number of halogens is 2. The van der Waals surface area contributed by atoms with E-state index in [1.54, 1.807) is 0 Å². The summed E-state index contributed by atoms with van der Waals surface area (Å²) in [4.78, 5) is 35.0. The van der Waals surface area contributed by atoms with Crippen molar-refractivity contribution in [1.82, 2.24) is 0 Å². The second-order valence-corrected chi connectivity index (χ2v) is 7.67. The number of carbonyl (C=O) groups is 3. The molecule has 0 saturated heterocycles. The van der Waals surface area contributed by atoms with Crippen LogP contribution in [0.4, 0.5) is 8.78 Å². The van der Waals surface area contributed by atoms with E-state index in [9.17, 15) is 23.2 Å². The van der Waals surface area contributed by atoms with Gasteiger partial charge in [0.15, 0.2) is 0 Å². The maximum atomic E-state index is 13.8. The Bertz CT molecular complexity index is 491. The van der Waals surface area contributed by atoms with E-state index in [0.29, 0.717) is 38.5 Å². The predicted molar refractivity (Wildman–Crippen MR) is 99.7 cm³/mol. The molecular formula is C21H34F2O4. The number of hydrogen-bond acceptors (Lipinski definition) is 4. The van der Waals surface area contributed by atoms with E-state index in [1.165, 1.54) is 7.11 Å². The zero-order valence-electron chi connectivity index (χ0n) is 16.7. The highest BCUT2D eigenvalue weighted by Crippen LogP contribution is 2.37. The number of hydrogen-bond donors (Lipinski definition) is 0. The molecule has 0 heterocycles. The van der Waals surface area contributed by atoms with Crippen LogP contribution in [-0.4, -0.2) is 30.6 Å². The SMILES string of the molecule is CCCCC(F)(F)C(=O)CC[C@H]1CCC(=O)[C@@H]1CCCCCCC(=O)OC. The van der Waals surface area contributed by atoms with Crippen LogP contribution in [0.5, 0.6) is 0 Å². The smallest absolute Gasteiger partial charge is 0.305 e. The molecule has 4 nitrogen and oxygen atoms in total. The molecule has 0 aliphatic heterocycles. The van der Waals surface area contributed by atoms with Gasteiger partial charge in [0.2, 0.25) is 5.78 Å². The molecule has 2 atom stereocenters. The van der Waals surface area contributed by atoms with Gasteiger partial charge in [-0.25, -0.2) is 0 Å². The zero-order chi connectivity index (χ0) is 20.3. The van der Waals surface area contributed by atoms with Gasteiger partial charge in [0.25, 0.3) is 0 Å². The third-order valence-corrected chi connectivity index (χ3v) is 5.61. The number of ether oxygens (including phenoxy) is 1. The number of alkyl halides is 2. The highest BCUT2D eigenvalue weighted by Gasteiger charge is 2.39. The normalized spacial score (nSPS) is 20.1. The van der Waals surface area contributed by atoms with Gasteiger partial charge in [0, 0.05) is 31.6 Å². The monoisotopic (exact) mass is 388 g/mol. The van der Waals surface area contributed by atoms with Crippen molar-refractivity contribution in [3.05, 3.63) is 0 Å². The minimum Gasteiger partial charge on any atom is -0.469 e. The number of Topliss-reactive ketones (excluding diaryl/α,β-unsaturated/α-hetero) is 2. The molecule has 1 rings (SSSR count). The number of carbonyl (C=O) groups excluding carboxylic acids is 3. The number of unbranched alkanes of at least 4 members (excludes halogenated alkanes) is 4. The molecular weight excluding hydrogens is 354 g/mol. The molecule has 0 aromatic rings. The molecule has 1 fully saturated rings. The summed E-state index contributed by atoms with van der Waals surface area (Å²) in [5.41, 5.74) is 0. The van der Waals surface area contributed by atoms with E-state index in [0.717, 1.165) is 32.1 Å². The van der Waals surface area contributed by atoms with Crippen molar-refractivity contribution in [2.24, 2.45) is 11.8 Å². The Hall–Kier alpha value is -1.33. The quantitative estimate of drug-likeness (QED) is 0.300. The number of ketones is 2. The summed E-state index contributed by atoms with van der Waals surface area (Å²) in [6.07, 6.45) is 6.73. The van der Waals surface area contributed by atoms with Gasteiger partial charge in [-0.1, -0.05) is 32.6 Å². The summed E-state index contributed by atoms with van der Waals surface area (Å²) in [6, 6.07) is 0. The van der Waals surface area contributed by atoms with E-state index in [4.69, 9.17) is 0 Å². The lowest BCUT2D eigenvalue weighted by molar-refractivity contribution is -0.144. The second-order valence-electron chi connectivity index (χ2n) is 7.67. The van der Waals surface area contributed by atoms with Crippen LogP contribution in [0.2, 0.25) is 0 Å². The standard InChI is InChI=1S/C21H34F2O4/c1-3-4-15-21(22,23)19(25)14-12-16-11-13-18(24)17(16)9-7-5-6-8-10-20(26)27-2/h16-17H,3-15H2,1-2H3/t16-,17-/m1/s1. The zero-order valence-corrected chi connectivity index (χ0v) is 16.7. The first-order valence-electron chi connectivity index (χ1n) is 10.3. The van der Waals surface area contributed by atoms with E-state index in [-0.39, 0.29) is 36.4 Å². The van der Waals surface area contributed by atoms with Gasteiger partial charge in [-0.15, -0.1) is 0 Å². The summed E-state index contributed by atoms with van der Waals surface area (Å²) in [5.74, 6) is -4.24. The van der Waals surface area contributed by atoms with Crippen LogP contribution < -0.4 is 0 Å². The molecule has 0 radical (unpaired) electrons. The molecule has 156 valence electrons. The van der Waals surface area contributed by atoms with Crippen LogP contribution in [0.3, 0.4) is 0 Å². The third-order valence-electron chi connectivity index (χ3n) is 5.61. The van der Waals surface area contributed by atoms with Gasteiger partial charge in [-0.2, -0.15) is 8.78 Å². The van der Waals surface area contributed by atoms with Crippen molar-refractivity contribution in [2.45, 2.75) is 96.3 Å². The predicted octanol–water partition coefficient (Wildman–Crippen LogP) is 5.27. The van der Waals surface area contributed by atoms with Crippen LogP contribution in [-0.2, 0) is 19.1 Å². The molecule has 0 spiro atoms. The summed E-state index contributed by atoms with van der Waals surface area (Å²) in [6.45, 7) is 1.82. The largest absolute Gasteiger partial charge is 0.469 e. The Balaban J connectivity index is 2.33. The molecule has 27 heavy (non-hydrogen) atoms. The molecule has 1 aliphatic carbocycles. The lowest BCUT2D eigenvalue weighted by Crippen LogP contribution is -2.29. The Labute approximate surface area is 161 Å². The summed E-state index contributed by atoms with van der Waals surface area (Å²) in [5, 5.41) is 0. The van der Waals surface area contributed by atoms with Crippen molar-refractivity contribution < 1.29 is 27.9 Å². The number of methoxy groups -OCH3 is 1. The van der Waals surface area contributed by atoms with Crippen molar-refractivity contribution in [2.75, 3.05) is 7.11 Å². The Kier molecular flexibility index (Phi) is 10.7. The van der Waals surface area contributed by atoms with Crippen LogP contribution in [0.25, 0.3) is 0 Å². The molecule has 6 heteroatoms. The molecule has 0 aromatic heterocycles. The van der Waals surface area contributed by atoms with E-state index >= 15 is 0 Å². The average Bonchev–Trinajstić information content (AvgIpc) is 3.00. The lowest BCUT2D eigenvalue weighted by atomic mass is 9.85. The number of esters is 1. The maximum Gasteiger partial charge on any atom is 0.305 e. The summed E-state index contributed by atoms with van der Waals surface area (Å²) in [7, 11) is 1.37. The van der Waals surface area contributed by atoms with Crippen LogP contribution in [0.1, 0.15) is 90.4 Å². The molecule has 1 aliphatic rings. The van der Waals surface area contributed by atoms with Crippen molar-refractivity contribution in [3.8, 4) is 0 Å². The number of rotatable bonds is 14. The molecule has 0 unspecified atom stereocenters. The summed E-state index contributed by atoms with van der Waals surface area (Å²) < 4.78 is 32.2. The minimum absolute atomic E-state index is 0.0542. The van der Waals surface area contributed by atoms with Crippen LogP contribution in [0, 0.1) is 11.8 Å². The first-order chi connectivity index (χ1) is 12.8. The van der Waals surface area contributed by atoms with Gasteiger partial charge in [0.05, 0.1) is 7.11 Å². The first kappa shape index (κ1) is 23.7. The molecule has 0 amide bonds. The fourth-order valence-electron chi connectivity index (χ4n) is 3.85. The fraction of sp³-hybridized carbons (Fsp3) is 0.857. The van der Waals surface area contributed by atoms with Crippen molar-refractivity contribution >= 4 is 17.5 Å². The fourth-order valence-corrected chi connectivity index (χ4v) is 3.85.